The van der Waals surface area contributed by atoms with E-state index in [2.05, 4.69) is 21.2 Å². The fraction of sp³-hybridized carbons (Fsp3) is 0.263. The number of anilines is 1. The maximum atomic E-state index is 13.3. The number of halogens is 2. The normalized spacial score (nSPS) is 13.1. The minimum atomic E-state index is -3.40. The van der Waals surface area contributed by atoms with E-state index in [0.717, 1.165) is 15.7 Å². The lowest BCUT2D eigenvalue weighted by Gasteiger charge is -2.25. The second kappa shape index (κ2) is 10.3. The summed E-state index contributed by atoms with van der Waals surface area (Å²) in [5.41, 5.74) is 1.72. The molecule has 0 saturated carbocycles. The number of hydrogen-bond acceptors (Lipinski definition) is 4. The highest BCUT2D eigenvalue weighted by Crippen LogP contribution is 2.53. The topological polar surface area (TPSA) is 47.6 Å². The van der Waals surface area contributed by atoms with Crippen LogP contribution in [0.3, 0.4) is 0 Å². The van der Waals surface area contributed by atoms with Crippen molar-refractivity contribution in [1.29, 1.82) is 0 Å². The maximum absolute atomic E-state index is 13.3. The standard InChI is InChI=1S/C19H22BrClNO3P/c1-3-24-26(23,25-4-2)19(22-18-11-9-16(20)10-12-18)13-8-15-6-5-7-17(21)14-15/h5-14,19,22H,3-4H2,1-2H3/b13-8+. The predicted octanol–water partition coefficient (Wildman–Crippen LogP) is 6.82. The third-order valence-corrected chi connectivity index (χ3v) is 6.42. The molecule has 0 aliphatic heterocycles. The lowest BCUT2D eigenvalue weighted by Crippen LogP contribution is -2.20. The molecule has 1 atom stereocenters. The van der Waals surface area contributed by atoms with E-state index in [9.17, 15) is 4.57 Å². The molecule has 0 heterocycles. The molecule has 0 aromatic heterocycles. The molecule has 2 aromatic rings. The van der Waals surface area contributed by atoms with Crippen LogP contribution in [0.2, 0.25) is 5.02 Å². The van der Waals surface area contributed by atoms with Crippen LogP contribution < -0.4 is 5.32 Å². The summed E-state index contributed by atoms with van der Waals surface area (Å²) in [6, 6.07) is 15.0. The number of nitrogens with one attached hydrogen (secondary N) is 1. The molecule has 4 nitrogen and oxygen atoms in total. The Hall–Kier alpha value is -1.10. The van der Waals surface area contributed by atoms with Gasteiger partial charge in [-0.2, -0.15) is 0 Å². The molecule has 2 rings (SSSR count). The zero-order valence-corrected chi connectivity index (χ0v) is 17.9. The van der Waals surface area contributed by atoms with E-state index >= 15 is 0 Å². The molecule has 140 valence electrons. The fourth-order valence-corrected chi connectivity index (χ4v) is 4.50. The molecule has 7 heteroatoms. The Morgan fingerprint density at radius 2 is 1.81 bits per heavy atom. The fourth-order valence-electron chi connectivity index (χ4n) is 2.32. The molecule has 0 bridgehead atoms. The van der Waals surface area contributed by atoms with Gasteiger partial charge in [0.2, 0.25) is 0 Å². The number of hydrogen-bond donors (Lipinski definition) is 1. The van der Waals surface area contributed by atoms with Gasteiger partial charge in [-0.1, -0.05) is 45.7 Å². The van der Waals surface area contributed by atoms with E-state index < -0.39 is 13.4 Å². The van der Waals surface area contributed by atoms with Gasteiger partial charge in [0.25, 0.3) is 0 Å². The molecule has 0 aliphatic rings. The quantitative estimate of drug-likeness (QED) is 0.419. The molecule has 0 fully saturated rings. The van der Waals surface area contributed by atoms with Crippen molar-refractivity contribution < 1.29 is 13.6 Å². The highest BCUT2D eigenvalue weighted by molar-refractivity contribution is 9.10. The van der Waals surface area contributed by atoms with Gasteiger partial charge in [0.15, 0.2) is 0 Å². The second-order valence-electron chi connectivity index (χ2n) is 5.39. The monoisotopic (exact) mass is 457 g/mol. The molecule has 0 spiro atoms. The van der Waals surface area contributed by atoms with Crippen LogP contribution >= 0.6 is 35.1 Å². The summed E-state index contributed by atoms with van der Waals surface area (Å²) in [5.74, 6) is -0.637. The Bertz CT molecular complexity index is 773. The van der Waals surface area contributed by atoms with Gasteiger partial charge in [-0.05, 0) is 61.9 Å². The average Bonchev–Trinajstić information content (AvgIpc) is 2.60. The summed E-state index contributed by atoms with van der Waals surface area (Å²) in [4.78, 5) is 0. The van der Waals surface area contributed by atoms with Crippen LogP contribution in [-0.2, 0) is 13.6 Å². The summed E-state index contributed by atoms with van der Waals surface area (Å²) in [6.07, 6.45) is 3.65. The summed E-state index contributed by atoms with van der Waals surface area (Å²) in [5, 5.41) is 3.89. The highest BCUT2D eigenvalue weighted by Gasteiger charge is 2.33. The first kappa shape index (κ1) is 21.2. The molecular weight excluding hydrogens is 437 g/mol. The summed E-state index contributed by atoms with van der Waals surface area (Å²) in [6.45, 7) is 4.17. The minimum Gasteiger partial charge on any atom is -0.368 e. The number of benzene rings is 2. The number of rotatable bonds is 9. The van der Waals surface area contributed by atoms with Crippen LogP contribution in [0.4, 0.5) is 5.69 Å². The van der Waals surface area contributed by atoms with Gasteiger partial charge in [-0.15, -0.1) is 0 Å². The minimum absolute atomic E-state index is 0.292. The Morgan fingerprint density at radius 1 is 1.15 bits per heavy atom. The Balaban J connectivity index is 2.33. The third-order valence-electron chi connectivity index (χ3n) is 3.44. The SMILES string of the molecule is CCOP(=O)(OCC)C(/C=C/c1cccc(Cl)c1)Nc1ccc(Br)cc1. The third kappa shape index (κ3) is 6.26. The van der Waals surface area contributed by atoms with Gasteiger partial charge >= 0.3 is 7.60 Å². The second-order valence-corrected chi connectivity index (χ2v) is 8.89. The van der Waals surface area contributed by atoms with Gasteiger partial charge in [0.1, 0.15) is 5.78 Å². The van der Waals surface area contributed by atoms with E-state index in [1.807, 2.05) is 54.6 Å². The molecule has 2 aromatic carbocycles. The largest absolute Gasteiger partial charge is 0.368 e. The smallest absolute Gasteiger partial charge is 0.356 e. The molecule has 0 saturated heterocycles. The lowest BCUT2D eigenvalue weighted by atomic mass is 10.2. The lowest BCUT2D eigenvalue weighted by molar-refractivity contribution is 0.217. The summed E-state index contributed by atoms with van der Waals surface area (Å²) < 4.78 is 25.3. The van der Waals surface area contributed by atoms with E-state index in [1.165, 1.54) is 0 Å². The van der Waals surface area contributed by atoms with Crippen molar-refractivity contribution >= 4 is 46.9 Å². The van der Waals surface area contributed by atoms with Crippen LogP contribution in [0.5, 0.6) is 0 Å². The summed E-state index contributed by atoms with van der Waals surface area (Å²) >= 11 is 9.45. The van der Waals surface area contributed by atoms with Crippen LogP contribution in [0.1, 0.15) is 19.4 Å². The molecule has 1 unspecified atom stereocenters. The van der Waals surface area contributed by atoms with Gasteiger partial charge in [0.05, 0.1) is 13.2 Å². The van der Waals surface area contributed by atoms with E-state index in [4.69, 9.17) is 20.6 Å². The first-order chi connectivity index (χ1) is 12.5. The van der Waals surface area contributed by atoms with Crippen molar-refractivity contribution in [3.63, 3.8) is 0 Å². The van der Waals surface area contributed by atoms with Crippen LogP contribution in [0.25, 0.3) is 6.08 Å². The van der Waals surface area contributed by atoms with Crippen LogP contribution in [0, 0.1) is 0 Å². The predicted molar refractivity (Wildman–Crippen MR) is 113 cm³/mol. The van der Waals surface area contributed by atoms with Crippen molar-refractivity contribution in [2.24, 2.45) is 0 Å². The van der Waals surface area contributed by atoms with E-state index in [1.54, 1.807) is 19.9 Å². The molecule has 1 N–H and O–H groups in total. The molecule has 0 aliphatic carbocycles. The maximum Gasteiger partial charge on any atom is 0.356 e. The van der Waals surface area contributed by atoms with Crippen LogP contribution in [-0.4, -0.2) is 19.0 Å². The Morgan fingerprint density at radius 3 is 2.38 bits per heavy atom. The van der Waals surface area contributed by atoms with Crippen molar-refractivity contribution in [2.75, 3.05) is 18.5 Å². The van der Waals surface area contributed by atoms with Gasteiger partial charge < -0.3 is 14.4 Å². The Labute approximate surface area is 168 Å². The molecule has 26 heavy (non-hydrogen) atoms. The average molecular weight is 459 g/mol. The highest BCUT2D eigenvalue weighted by atomic mass is 79.9. The molecular formula is C19H22BrClNO3P. The van der Waals surface area contributed by atoms with Crippen molar-refractivity contribution in [3.05, 3.63) is 69.7 Å². The van der Waals surface area contributed by atoms with Crippen LogP contribution in [0.15, 0.2) is 59.1 Å². The first-order valence-electron chi connectivity index (χ1n) is 8.31. The van der Waals surface area contributed by atoms with Crippen molar-refractivity contribution in [3.8, 4) is 0 Å². The van der Waals surface area contributed by atoms with Crippen molar-refractivity contribution in [1.82, 2.24) is 0 Å². The summed E-state index contributed by atoms with van der Waals surface area (Å²) in [7, 11) is -3.40. The van der Waals surface area contributed by atoms with Gasteiger partial charge in [-0.3, -0.25) is 4.57 Å². The zero-order valence-electron chi connectivity index (χ0n) is 14.7. The molecule has 0 amide bonds. The molecule has 0 radical (unpaired) electrons. The van der Waals surface area contributed by atoms with Gasteiger partial charge in [0, 0.05) is 15.2 Å². The first-order valence-corrected chi connectivity index (χ1v) is 11.1. The zero-order chi connectivity index (χ0) is 19.0. The van der Waals surface area contributed by atoms with Gasteiger partial charge in [-0.25, -0.2) is 0 Å². The Kier molecular flexibility index (Phi) is 8.39. The van der Waals surface area contributed by atoms with Crippen molar-refractivity contribution in [2.45, 2.75) is 19.6 Å². The van der Waals surface area contributed by atoms with E-state index in [0.29, 0.717) is 18.2 Å². The van der Waals surface area contributed by atoms with E-state index in [-0.39, 0.29) is 0 Å².